The van der Waals surface area contributed by atoms with Gasteiger partial charge in [0.15, 0.2) is 0 Å². The molecular weight excluding hydrogens is 552 g/mol. The predicted octanol–water partition coefficient (Wildman–Crippen LogP) is 6.54. The Balaban J connectivity index is 1.47. The van der Waals surface area contributed by atoms with E-state index in [1.54, 1.807) is 55.5 Å². The maximum Gasteiger partial charge on any atom is 0.264 e. The second-order valence-corrected chi connectivity index (χ2v) is 11.0. The number of nitrogens with zero attached hydrogens (tertiary/aromatic N) is 1. The maximum atomic E-state index is 13.2. The van der Waals surface area contributed by atoms with Crippen LogP contribution in [0.5, 0.6) is 5.75 Å². The Bertz CT molecular complexity index is 1440. The lowest BCUT2D eigenvalue weighted by Crippen LogP contribution is -2.30. The number of ether oxygens (including phenoxy) is 1. The van der Waals surface area contributed by atoms with E-state index in [4.69, 9.17) is 4.74 Å². The molecule has 0 saturated heterocycles. The zero-order valence-electron chi connectivity index (χ0n) is 20.3. The summed E-state index contributed by atoms with van der Waals surface area (Å²) in [6, 6.07) is 30.4. The Morgan fingerprint density at radius 2 is 1.54 bits per heavy atom. The molecule has 0 radical (unpaired) electrons. The number of anilines is 2. The summed E-state index contributed by atoms with van der Waals surface area (Å²) in [4.78, 5) is 13.2. The standard InChI is InChI=1S/C29H27BrN2O4S/c1-2-32(25-11-7-4-8-12-25)37(34,35)26-16-14-24(15-17-26)31-29(33)27-21-23(30)13-18-28(27)36-20-19-22-9-5-3-6-10-22/h3-18,21H,2,19-20H2,1H3,(H,31,33). The van der Waals surface area contributed by atoms with Gasteiger partial charge in [0.25, 0.3) is 15.9 Å². The highest BCUT2D eigenvalue weighted by atomic mass is 79.9. The third-order valence-electron chi connectivity index (χ3n) is 5.71. The molecule has 0 aromatic heterocycles. The van der Waals surface area contributed by atoms with Crippen molar-refractivity contribution in [2.45, 2.75) is 18.2 Å². The fourth-order valence-electron chi connectivity index (χ4n) is 3.85. The van der Waals surface area contributed by atoms with E-state index in [2.05, 4.69) is 21.2 Å². The van der Waals surface area contributed by atoms with Crippen LogP contribution >= 0.6 is 15.9 Å². The van der Waals surface area contributed by atoms with Crippen LogP contribution in [0.2, 0.25) is 0 Å². The van der Waals surface area contributed by atoms with Crippen LogP contribution < -0.4 is 14.4 Å². The van der Waals surface area contributed by atoms with E-state index in [1.807, 2.05) is 42.5 Å². The number of carbonyl (C=O) groups excluding carboxylic acids is 1. The monoisotopic (exact) mass is 578 g/mol. The number of amides is 1. The van der Waals surface area contributed by atoms with Gasteiger partial charge in [-0.3, -0.25) is 9.10 Å². The van der Waals surface area contributed by atoms with Crippen molar-refractivity contribution < 1.29 is 17.9 Å². The van der Waals surface area contributed by atoms with Crippen LogP contribution in [0.1, 0.15) is 22.8 Å². The van der Waals surface area contributed by atoms with Crippen molar-refractivity contribution in [1.82, 2.24) is 0 Å². The molecule has 190 valence electrons. The minimum Gasteiger partial charge on any atom is -0.492 e. The lowest BCUT2D eigenvalue weighted by molar-refractivity contribution is 0.102. The number of rotatable bonds is 10. The van der Waals surface area contributed by atoms with Gasteiger partial charge in [0, 0.05) is 23.1 Å². The minimum absolute atomic E-state index is 0.142. The van der Waals surface area contributed by atoms with Crippen LogP contribution in [0.25, 0.3) is 0 Å². The number of halogens is 1. The average molecular weight is 580 g/mol. The van der Waals surface area contributed by atoms with E-state index in [-0.39, 0.29) is 10.8 Å². The highest BCUT2D eigenvalue weighted by Crippen LogP contribution is 2.27. The molecule has 0 spiro atoms. The van der Waals surface area contributed by atoms with E-state index in [9.17, 15) is 13.2 Å². The summed E-state index contributed by atoms with van der Waals surface area (Å²) >= 11 is 3.42. The highest BCUT2D eigenvalue weighted by Gasteiger charge is 2.23. The van der Waals surface area contributed by atoms with Crippen LogP contribution in [0.3, 0.4) is 0 Å². The van der Waals surface area contributed by atoms with Crippen molar-refractivity contribution in [3.63, 3.8) is 0 Å². The van der Waals surface area contributed by atoms with Gasteiger partial charge < -0.3 is 10.1 Å². The van der Waals surface area contributed by atoms with Crippen molar-refractivity contribution in [3.8, 4) is 5.75 Å². The number of carbonyl (C=O) groups is 1. The zero-order valence-corrected chi connectivity index (χ0v) is 22.7. The molecule has 4 aromatic carbocycles. The van der Waals surface area contributed by atoms with Crippen LogP contribution in [0, 0.1) is 0 Å². The summed E-state index contributed by atoms with van der Waals surface area (Å²) in [5.41, 5.74) is 2.59. The lowest BCUT2D eigenvalue weighted by Gasteiger charge is -2.23. The number of sulfonamides is 1. The molecule has 4 rings (SSSR count). The summed E-state index contributed by atoms with van der Waals surface area (Å²) in [6.45, 7) is 2.51. The van der Waals surface area contributed by atoms with Crippen LogP contribution in [-0.2, 0) is 16.4 Å². The first kappa shape index (κ1) is 26.4. The van der Waals surface area contributed by atoms with E-state index in [1.165, 1.54) is 16.4 Å². The van der Waals surface area contributed by atoms with Gasteiger partial charge in [-0.05, 0) is 67.1 Å². The Morgan fingerprint density at radius 1 is 0.892 bits per heavy atom. The Morgan fingerprint density at radius 3 is 2.19 bits per heavy atom. The van der Waals surface area contributed by atoms with Crippen molar-refractivity contribution in [3.05, 3.63) is 119 Å². The lowest BCUT2D eigenvalue weighted by atomic mass is 10.1. The van der Waals surface area contributed by atoms with Crippen molar-refractivity contribution in [2.75, 3.05) is 22.8 Å². The molecule has 1 amide bonds. The molecule has 6 nitrogen and oxygen atoms in total. The molecule has 8 heteroatoms. The summed E-state index contributed by atoms with van der Waals surface area (Å²) < 4.78 is 34.5. The third kappa shape index (κ3) is 6.58. The third-order valence-corrected chi connectivity index (χ3v) is 8.12. The van der Waals surface area contributed by atoms with E-state index < -0.39 is 10.0 Å². The Kier molecular flexibility index (Phi) is 8.63. The van der Waals surface area contributed by atoms with Crippen molar-refractivity contribution in [2.24, 2.45) is 0 Å². The summed E-state index contributed by atoms with van der Waals surface area (Å²) in [5.74, 6) is 0.114. The number of benzene rings is 4. The number of hydrogen-bond donors (Lipinski definition) is 1. The molecule has 37 heavy (non-hydrogen) atoms. The fourth-order valence-corrected chi connectivity index (χ4v) is 5.69. The second kappa shape index (κ2) is 12.1. The van der Waals surface area contributed by atoms with Gasteiger partial charge in [-0.2, -0.15) is 0 Å². The summed E-state index contributed by atoms with van der Waals surface area (Å²) in [6.07, 6.45) is 0.714. The molecule has 0 saturated carbocycles. The fraction of sp³-hybridized carbons (Fsp3) is 0.138. The normalized spacial score (nSPS) is 11.1. The van der Waals surface area contributed by atoms with Gasteiger partial charge in [0.1, 0.15) is 5.75 Å². The van der Waals surface area contributed by atoms with E-state index in [0.29, 0.717) is 42.3 Å². The van der Waals surface area contributed by atoms with Gasteiger partial charge in [-0.15, -0.1) is 0 Å². The first-order chi connectivity index (χ1) is 17.9. The van der Waals surface area contributed by atoms with Crippen LogP contribution in [0.15, 0.2) is 112 Å². The quantitative estimate of drug-likeness (QED) is 0.232. The minimum atomic E-state index is -3.75. The van der Waals surface area contributed by atoms with Gasteiger partial charge in [0.2, 0.25) is 0 Å². The number of hydrogen-bond acceptors (Lipinski definition) is 4. The molecule has 1 N–H and O–H groups in total. The van der Waals surface area contributed by atoms with Crippen LogP contribution in [0.4, 0.5) is 11.4 Å². The molecule has 0 heterocycles. The number of para-hydroxylation sites is 1. The zero-order chi connectivity index (χ0) is 26.3. The topological polar surface area (TPSA) is 75.7 Å². The SMILES string of the molecule is CCN(c1ccccc1)S(=O)(=O)c1ccc(NC(=O)c2cc(Br)ccc2OCCc2ccccc2)cc1. The molecule has 0 aliphatic rings. The van der Waals surface area contributed by atoms with E-state index in [0.717, 1.165) is 10.0 Å². The second-order valence-electron chi connectivity index (χ2n) is 8.21. The van der Waals surface area contributed by atoms with Gasteiger partial charge in [-0.25, -0.2) is 8.42 Å². The summed E-state index contributed by atoms with van der Waals surface area (Å²) in [7, 11) is -3.75. The summed E-state index contributed by atoms with van der Waals surface area (Å²) in [5, 5.41) is 2.84. The molecule has 0 bridgehead atoms. The Labute approximate surface area is 226 Å². The molecule has 0 unspecified atom stereocenters. The highest BCUT2D eigenvalue weighted by molar-refractivity contribution is 9.10. The van der Waals surface area contributed by atoms with Crippen molar-refractivity contribution in [1.29, 1.82) is 0 Å². The average Bonchev–Trinajstić information content (AvgIpc) is 2.91. The molecule has 0 fully saturated rings. The van der Waals surface area contributed by atoms with Gasteiger partial charge in [-0.1, -0.05) is 64.5 Å². The van der Waals surface area contributed by atoms with E-state index >= 15 is 0 Å². The first-order valence-corrected chi connectivity index (χ1v) is 14.1. The van der Waals surface area contributed by atoms with Crippen LogP contribution in [-0.4, -0.2) is 27.5 Å². The largest absolute Gasteiger partial charge is 0.492 e. The Hall–Kier alpha value is -3.62. The molecule has 0 aliphatic carbocycles. The molecule has 0 atom stereocenters. The number of nitrogens with one attached hydrogen (secondary N) is 1. The maximum absolute atomic E-state index is 13.2. The molecule has 0 aliphatic heterocycles. The van der Waals surface area contributed by atoms with Gasteiger partial charge >= 0.3 is 0 Å². The van der Waals surface area contributed by atoms with Gasteiger partial charge in [0.05, 0.1) is 22.8 Å². The first-order valence-electron chi connectivity index (χ1n) is 11.8. The molecular formula is C29H27BrN2O4S. The smallest absolute Gasteiger partial charge is 0.264 e. The predicted molar refractivity (Wildman–Crippen MR) is 151 cm³/mol. The van der Waals surface area contributed by atoms with Crippen molar-refractivity contribution >= 4 is 43.2 Å². The molecule has 4 aromatic rings.